The lowest BCUT2D eigenvalue weighted by Gasteiger charge is -2.15. The van der Waals surface area contributed by atoms with E-state index in [1.807, 2.05) is 31.1 Å². The number of hydrogen-bond donors (Lipinski definition) is 1. The van der Waals surface area contributed by atoms with Crippen LogP contribution in [0.3, 0.4) is 0 Å². The van der Waals surface area contributed by atoms with Crippen LogP contribution in [-0.4, -0.2) is 36.2 Å². The van der Waals surface area contributed by atoms with E-state index >= 15 is 0 Å². The molecule has 0 aliphatic rings. The van der Waals surface area contributed by atoms with Crippen LogP contribution in [0, 0.1) is 5.82 Å². The van der Waals surface area contributed by atoms with Crippen molar-refractivity contribution in [3.05, 3.63) is 71.4 Å². The van der Waals surface area contributed by atoms with Crippen LogP contribution in [0.15, 0.2) is 55.0 Å². The number of methoxy groups -OCH3 is 1. The fraction of sp³-hybridized carbons (Fsp3) is 0.174. The number of halogens is 2. The van der Waals surface area contributed by atoms with E-state index in [0.717, 1.165) is 11.4 Å². The van der Waals surface area contributed by atoms with Gasteiger partial charge < -0.3 is 19.7 Å². The molecule has 7 nitrogen and oxygen atoms in total. The smallest absolute Gasteiger partial charge is 0.163 e. The molecular weight excluding hydrogens is 433 g/mol. The second kappa shape index (κ2) is 9.23. The van der Waals surface area contributed by atoms with Crippen molar-refractivity contribution in [1.82, 2.24) is 15.0 Å². The molecule has 0 unspecified atom stereocenters. The number of ether oxygens (including phenoxy) is 2. The van der Waals surface area contributed by atoms with Crippen LogP contribution in [0.1, 0.15) is 5.56 Å². The third-order valence-electron chi connectivity index (χ3n) is 4.77. The van der Waals surface area contributed by atoms with Gasteiger partial charge in [0.1, 0.15) is 30.4 Å². The first kappa shape index (κ1) is 21.6. The van der Waals surface area contributed by atoms with E-state index in [1.165, 1.54) is 12.4 Å². The van der Waals surface area contributed by atoms with Crippen molar-refractivity contribution in [3.8, 4) is 11.5 Å². The zero-order chi connectivity index (χ0) is 22.7. The molecule has 0 saturated heterocycles. The molecule has 4 aromatic rings. The Morgan fingerprint density at radius 3 is 2.62 bits per heavy atom. The minimum Gasteiger partial charge on any atom is -0.493 e. The highest BCUT2D eigenvalue weighted by Gasteiger charge is 2.14. The summed E-state index contributed by atoms with van der Waals surface area (Å²) in [4.78, 5) is 14.8. The first-order valence-corrected chi connectivity index (χ1v) is 10.1. The van der Waals surface area contributed by atoms with Crippen LogP contribution >= 0.6 is 11.6 Å². The highest BCUT2D eigenvalue weighted by molar-refractivity contribution is 6.30. The SMILES string of the molecule is COc1cc2c(Nc3ccc(Cl)cc3F)ncnc2cc1OCc1ccnc(N(C)C)c1. The summed E-state index contributed by atoms with van der Waals surface area (Å²) in [6, 6.07) is 11.8. The van der Waals surface area contributed by atoms with E-state index in [0.29, 0.717) is 39.8 Å². The van der Waals surface area contributed by atoms with Gasteiger partial charge in [0, 0.05) is 36.8 Å². The summed E-state index contributed by atoms with van der Waals surface area (Å²) in [5.74, 6) is 1.84. The van der Waals surface area contributed by atoms with Crippen molar-refractivity contribution in [2.24, 2.45) is 0 Å². The van der Waals surface area contributed by atoms with Crippen LogP contribution in [-0.2, 0) is 6.61 Å². The van der Waals surface area contributed by atoms with Gasteiger partial charge >= 0.3 is 0 Å². The Morgan fingerprint density at radius 1 is 1.03 bits per heavy atom. The Hall–Kier alpha value is -3.65. The molecule has 4 rings (SSSR count). The van der Waals surface area contributed by atoms with E-state index < -0.39 is 5.82 Å². The number of pyridine rings is 1. The molecule has 2 heterocycles. The minimum absolute atomic E-state index is 0.253. The lowest BCUT2D eigenvalue weighted by Crippen LogP contribution is -2.11. The average Bonchev–Trinajstić information content (AvgIpc) is 2.79. The Bertz CT molecular complexity index is 1270. The van der Waals surface area contributed by atoms with Crippen molar-refractivity contribution in [2.45, 2.75) is 6.61 Å². The lowest BCUT2D eigenvalue weighted by molar-refractivity contribution is 0.285. The quantitative estimate of drug-likeness (QED) is 0.411. The molecule has 0 amide bonds. The normalized spacial score (nSPS) is 10.8. The van der Waals surface area contributed by atoms with E-state index in [2.05, 4.69) is 20.3 Å². The third kappa shape index (κ3) is 4.65. The molecule has 2 aromatic carbocycles. The molecule has 0 atom stereocenters. The summed E-state index contributed by atoms with van der Waals surface area (Å²) < 4.78 is 25.8. The molecule has 0 fully saturated rings. The number of fused-ring (bicyclic) bond motifs is 1. The van der Waals surface area contributed by atoms with Crippen molar-refractivity contribution in [1.29, 1.82) is 0 Å². The maximum Gasteiger partial charge on any atom is 0.163 e. The summed E-state index contributed by atoms with van der Waals surface area (Å²) >= 11 is 5.84. The molecule has 164 valence electrons. The molecule has 1 N–H and O–H groups in total. The Morgan fingerprint density at radius 2 is 1.88 bits per heavy atom. The molecule has 32 heavy (non-hydrogen) atoms. The maximum atomic E-state index is 14.2. The van der Waals surface area contributed by atoms with Gasteiger partial charge in [0.05, 0.1) is 18.3 Å². The van der Waals surface area contributed by atoms with Gasteiger partial charge in [0.25, 0.3) is 0 Å². The summed E-state index contributed by atoms with van der Waals surface area (Å²) in [7, 11) is 5.42. The zero-order valence-corrected chi connectivity index (χ0v) is 18.5. The summed E-state index contributed by atoms with van der Waals surface area (Å²) in [5.41, 5.74) is 1.84. The number of rotatable bonds is 7. The van der Waals surface area contributed by atoms with Crippen LogP contribution in [0.2, 0.25) is 5.02 Å². The molecule has 0 radical (unpaired) electrons. The monoisotopic (exact) mass is 453 g/mol. The predicted molar refractivity (Wildman–Crippen MR) is 124 cm³/mol. The van der Waals surface area contributed by atoms with Gasteiger partial charge in [-0.25, -0.2) is 19.3 Å². The van der Waals surface area contributed by atoms with E-state index in [-0.39, 0.29) is 5.69 Å². The largest absolute Gasteiger partial charge is 0.493 e. The highest BCUT2D eigenvalue weighted by atomic mass is 35.5. The molecule has 0 aliphatic carbocycles. The fourth-order valence-corrected chi connectivity index (χ4v) is 3.27. The van der Waals surface area contributed by atoms with Crippen LogP contribution < -0.4 is 19.7 Å². The van der Waals surface area contributed by atoms with Crippen LogP contribution in [0.4, 0.5) is 21.7 Å². The number of benzene rings is 2. The second-order valence-corrected chi connectivity index (χ2v) is 7.63. The van der Waals surface area contributed by atoms with Gasteiger partial charge in [-0.05, 0) is 42.0 Å². The van der Waals surface area contributed by atoms with Crippen LogP contribution in [0.5, 0.6) is 11.5 Å². The van der Waals surface area contributed by atoms with E-state index in [4.69, 9.17) is 21.1 Å². The fourth-order valence-electron chi connectivity index (χ4n) is 3.11. The second-order valence-electron chi connectivity index (χ2n) is 7.20. The van der Waals surface area contributed by atoms with Crippen molar-refractivity contribution in [2.75, 3.05) is 31.4 Å². The van der Waals surface area contributed by atoms with E-state index in [1.54, 1.807) is 37.6 Å². The topological polar surface area (TPSA) is 72.4 Å². The van der Waals surface area contributed by atoms with Gasteiger partial charge in [0.15, 0.2) is 11.5 Å². The molecule has 9 heteroatoms. The molecule has 0 aliphatic heterocycles. The van der Waals surface area contributed by atoms with Gasteiger partial charge in [-0.3, -0.25) is 0 Å². The summed E-state index contributed by atoms with van der Waals surface area (Å²) in [5, 5.41) is 3.97. The van der Waals surface area contributed by atoms with Crippen molar-refractivity contribution < 1.29 is 13.9 Å². The molecule has 0 bridgehead atoms. The van der Waals surface area contributed by atoms with Gasteiger partial charge in [0.2, 0.25) is 0 Å². The Kier molecular flexibility index (Phi) is 6.23. The third-order valence-corrected chi connectivity index (χ3v) is 5.00. The number of nitrogens with one attached hydrogen (secondary N) is 1. The average molecular weight is 454 g/mol. The van der Waals surface area contributed by atoms with Gasteiger partial charge in [-0.2, -0.15) is 0 Å². The number of anilines is 3. The van der Waals surface area contributed by atoms with Crippen molar-refractivity contribution in [3.63, 3.8) is 0 Å². The number of aromatic nitrogens is 3. The maximum absolute atomic E-state index is 14.2. The Balaban J connectivity index is 1.63. The number of hydrogen-bond acceptors (Lipinski definition) is 7. The van der Waals surface area contributed by atoms with Crippen LogP contribution in [0.25, 0.3) is 10.9 Å². The standard InChI is InChI=1S/C23H21ClFN5O2/c1-30(2)22-8-14(6-7-26-22)12-32-21-11-19-16(10-20(21)31-3)23(28-13-27-19)29-18-5-4-15(24)9-17(18)25/h4-11,13H,12H2,1-3H3,(H,27,28,29). The molecule has 0 spiro atoms. The van der Waals surface area contributed by atoms with Gasteiger partial charge in [-0.1, -0.05) is 11.6 Å². The lowest BCUT2D eigenvalue weighted by atomic mass is 10.2. The first-order valence-electron chi connectivity index (χ1n) is 9.74. The van der Waals surface area contributed by atoms with Crippen molar-refractivity contribution >= 4 is 39.8 Å². The minimum atomic E-state index is -0.481. The summed E-state index contributed by atoms with van der Waals surface area (Å²) in [6.45, 7) is 0.331. The first-order chi connectivity index (χ1) is 15.4. The zero-order valence-electron chi connectivity index (χ0n) is 17.8. The predicted octanol–water partition coefficient (Wildman–Crippen LogP) is 5.21. The van der Waals surface area contributed by atoms with E-state index in [9.17, 15) is 4.39 Å². The van der Waals surface area contributed by atoms with Gasteiger partial charge in [-0.15, -0.1) is 0 Å². The highest BCUT2D eigenvalue weighted by Crippen LogP contribution is 2.35. The molecular formula is C23H21ClFN5O2. The number of nitrogens with zero attached hydrogens (tertiary/aromatic N) is 4. The molecule has 0 saturated carbocycles. The summed E-state index contributed by atoms with van der Waals surface area (Å²) in [6.07, 6.45) is 3.15. The molecule has 2 aromatic heterocycles. The Labute approximate surface area is 189 Å².